The van der Waals surface area contributed by atoms with Crippen molar-refractivity contribution in [3.05, 3.63) is 33.8 Å². The Morgan fingerprint density at radius 2 is 2.00 bits per heavy atom. The zero-order valence-corrected chi connectivity index (χ0v) is 14.1. The summed E-state index contributed by atoms with van der Waals surface area (Å²) in [6.45, 7) is 4.91. The molecule has 1 aliphatic rings. The molecule has 110 valence electrons. The van der Waals surface area contributed by atoms with E-state index in [2.05, 4.69) is 34.9 Å². The van der Waals surface area contributed by atoms with Crippen molar-refractivity contribution in [2.75, 3.05) is 33.7 Å². The van der Waals surface area contributed by atoms with Crippen molar-refractivity contribution >= 4 is 21.8 Å². The number of benzene rings is 1. The predicted octanol–water partition coefficient (Wildman–Crippen LogP) is 3.17. The lowest BCUT2D eigenvalue weighted by Crippen LogP contribution is -2.40. The summed E-state index contributed by atoms with van der Waals surface area (Å²) in [4.78, 5) is 16.7. The Morgan fingerprint density at radius 3 is 2.55 bits per heavy atom. The van der Waals surface area contributed by atoms with Gasteiger partial charge in [0.1, 0.15) is 0 Å². The van der Waals surface area contributed by atoms with E-state index in [1.807, 2.05) is 30.0 Å². The first kappa shape index (κ1) is 15.5. The molecule has 0 aliphatic carbocycles. The molecule has 0 spiro atoms. The van der Waals surface area contributed by atoms with E-state index >= 15 is 0 Å². The number of halogens is 1. The molecule has 0 atom stereocenters. The van der Waals surface area contributed by atoms with Crippen LogP contribution in [0.25, 0.3) is 0 Å². The van der Waals surface area contributed by atoms with Crippen LogP contribution in [-0.2, 0) is 0 Å². The monoisotopic (exact) mass is 338 g/mol. The van der Waals surface area contributed by atoms with Gasteiger partial charge in [-0.25, -0.2) is 0 Å². The molecule has 20 heavy (non-hydrogen) atoms. The molecule has 0 radical (unpaired) electrons. The van der Waals surface area contributed by atoms with E-state index in [1.54, 1.807) is 0 Å². The fourth-order valence-corrected chi connectivity index (χ4v) is 3.04. The average Bonchev–Trinajstić information content (AvgIpc) is 2.41. The lowest BCUT2D eigenvalue weighted by Gasteiger charge is -2.33. The number of nitrogens with zero attached hydrogens (tertiary/aromatic N) is 2. The highest BCUT2D eigenvalue weighted by atomic mass is 79.9. The van der Waals surface area contributed by atoms with Crippen LogP contribution in [-0.4, -0.2) is 49.4 Å². The van der Waals surface area contributed by atoms with Gasteiger partial charge >= 0.3 is 0 Å². The Labute approximate surface area is 130 Å². The summed E-state index contributed by atoms with van der Waals surface area (Å²) in [5.41, 5.74) is 1.91. The minimum atomic E-state index is 0.170. The third kappa shape index (κ3) is 3.83. The molecule has 1 aromatic rings. The SMILES string of the molecule is Cc1cc(C(=O)N2CCC(CN(C)C)CC2)ccc1Br. The second-order valence-corrected chi connectivity index (χ2v) is 6.82. The van der Waals surface area contributed by atoms with Crippen molar-refractivity contribution < 1.29 is 4.79 Å². The summed E-state index contributed by atoms with van der Waals surface area (Å²) in [5.74, 6) is 0.893. The topological polar surface area (TPSA) is 23.6 Å². The molecule has 1 fully saturated rings. The fraction of sp³-hybridized carbons (Fsp3) is 0.562. The van der Waals surface area contributed by atoms with Gasteiger partial charge in [0, 0.05) is 29.7 Å². The van der Waals surface area contributed by atoms with E-state index in [0.29, 0.717) is 0 Å². The number of piperidine rings is 1. The summed E-state index contributed by atoms with van der Waals surface area (Å²) < 4.78 is 1.05. The van der Waals surface area contributed by atoms with Crippen LogP contribution in [0.2, 0.25) is 0 Å². The maximum Gasteiger partial charge on any atom is 0.253 e. The van der Waals surface area contributed by atoms with Gasteiger partial charge in [-0.05, 0) is 63.5 Å². The van der Waals surface area contributed by atoms with Crippen LogP contribution in [0.15, 0.2) is 22.7 Å². The van der Waals surface area contributed by atoms with Gasteiger partial charge < -0.3 is 9.80 Å². The Morgan fingerprint density at radius 1 is 1.35 bits per heavy atom. The predicted molar refractivity (Wildman–Crippen MR) is 86.1 cm³/mol. The molecule has 0 unspecified atom stereocenters. The van der Waals surface area contributed by atoms with Crippen molar-refractivity contribution in [3.8, 4) is 0 Å². The highest BCUT2D eigenvalue weighted by Crippen LogP contribution is 2.22. The number of amides is 1. The molecular weight excluding hydrogens is 316 g/mol. The quantitative estimate of drug-likeness (QED) is 0.845. The van der Waals surface area contributed by atoms with Crippen LogP contribution in [0.3, 0.4) is 0 Å². The van der Waals surface area contributed by atoms with Crippen molar-refractivity contribution in [2.45, 2.75) is 19.8 Å². The maximum absolute atomic E-state index is 12.5. The second-order valence-electron chi connectivity index (χ2n) is 5.96. The zero-order valence-electron chi connectivity index (χ0n) is 12.5. The smallest absolute Gasteiger partial charge is 0.253 e. The zero-order chi connectivity index (χ0) is 14.7. The Kier molecular flexibility index (Phi) is 5.22. The molecule has 3 nitrogen and oxygen atoms in total. The van der Waals surface area contributed by atoms with Crippen LogP contribution in [0.5, 0.6) is 0 Å². The molecule has 4 heteroatoms. The average molecular weight is 339 g/mol. The van der Waals surface area contributed by atoms with Gasteiger partial charge in [-0.2, -0.15) is 0 Å². The van der Waals surface area contributed by atoms with Crippen LogP contribution in [0.4, 0.5) is 0 Å². The van der Waals surface area contributed by atoms with Crippen molar-refractivity contribution in [3.63, 3.8) is 0 Å². The number of aryl methyl sites for hydroxylation is 1. The van der Waals surface area contributed by atoms with E-state index in [1.165, 1.54) is 0 Å². The minimum absolute atomic E-state index is 0.170. The highest BCUT2D eigenvalue weighted by molar-refractivity contribution is 9.10. The molecular formula is C16H23BrN2O. The summed E-state index contributed by atoms with van der Waals surface area (Å²) in [6, 6.07) is 5.84. The lowest BCUT2D eigenvalue weighted by molar-refractivity contribution is 0.0678. The fourth-order valence-electron chi connectivity index (χ4n) is 2.80. The van der Waals surface area contributed by atoms with Gasteiger partial charge in [-0.15, -0.1) is 0 Å². The van der Waals surface area contributed by atoms with Gasteiger partial charge in [-0.1, -0.05) is 15.9 Å². The third-order valence-electron chi connectivity index (χ3n) is 3.93. The molecule has 0 aromatic heterocycles. The molecule has 0 bridgehead atoms. The first-order chi connectivity index (χ1) is 9.47. The summed E-state index contributed by atoms with van der Waals surface area (Å²) >= 11 is 3.48. The minimum Gasteiger partial charge on any atom is -0.339 e. The largest absolute Gasteiger partial charge is 0.339 e. The number of carbonyl (C=O) groups is 1. The van der Waals surface area contributed by atoms with Crippen LogP contribution in [0, 0.1) is 12.8 Å². The first-order valence-electron chi connectivity index (χ1n) is 7.17. The number of hydrogen-bond donors (Lipinski definition) is 0. The highest BCUT2D eigenvalue weighted by Gasteiger charge is 2.24. The molecule has 0 saturated carbocycles. The van der Waals surface area contributed by atoms with Crippen LogP contribution >= 0.6 is 15.9 Å². The van der Waals surface area contributed by atoms with Gasteiger partial charge in [0.05, 0.1) is 0 Å². The molecule has 1 amide bonds. The van der Waals surface area contributed by atoms with Crippen LogP contribution in [0.1, 0.15) is 28.8 Å². The molecule has 1 saturated heterocycles. The second kappa shape index (κ2) is 6.72. The number of hydrogen-bond acceptors (Lipinski definition) is 2. The summed E-state index contributed by atoms with van der Waals surface area (Å²) in [6.07, 6.45) is 2.22. The first-order valence-corrected chi connectivity index (χ1v) is 7.97. The molecule has 1 heterocycles. The van der Waals surface area contributed by atoms with Gasteiger partial charge in [0.2, 0.25) is 0 Å². The number of carbonyl (C=O) groups excluding carboxylic acids is 1. The van der Waals surface area contributed by atoms with Crippen molar-refractivity contribution in [2.24, 2.45) is 5.92 Å². The Hall–Kier alpha value is -0.870. The summed E-state index contributed by atoms with van der Waals surface area (Å²) in [5, 5.41) is 0. The molecule has 2 rings (SSSR count). The standard InChI is InChI=1S/C16H23BrN2O/c1-12-10-14(4-5-15(12)17)16(20)19-8-6-13(7-9-19)11-18(2)3/h4-5,10,13H,6-9,11H2,1-3H3. The van der Waals surface area contributed by atoms with Crippen LogP contribution < -0.4 is 0 Å². The molecule has 1 aromatic carbocycles. The van der Waals surface area contributed by atoms with E-state index in [-0.39, 0.29) is 5.91 Å². The maximum atomic E-state index is 12.5. The van der Waals surface area contributed by atoms with E-state index in [9.17, 15) is 4.79 Å². The normalized spacial score (nSPS) is 16.8. The van der Waals surface area contributed by atoms with Gasteiger partial charge in [0.25, 0.3) is 5.91 Å². The van der Waals surface area contributed by atoms with E-state index in [4.69, 9.17) is 0 Å². The van der Waals surface area contributed by atoms with E-state index < -0.39 is 0 Å². The lowest BCUT2D eigenvalue weighted by atomic mass is 9.96. The van der Waals surface area contributed by atoms with E-state index in [0.717, 1.165) is 54.0 Å². The Bertz CT molecular complexity index is 479. The van der Waals surface area contributed by atoms with Crippen molar-refractivity contribution in [1.29, 1.82) is 0 Å². The van der Waals surface area contributed by atoms with Crippen molar-refractivity contribution in [1.82, 2.24) is 9.80 Å². The summed E-state index contributed by atoms with van der Waals surface area (Å²) in [7, 11) is 4.23. The Balaban J connectivity index is 1.96. The molecule has 0 N–H and O–H groups in total. The third-order valence-corrected chi connectivity index (χ3v) is 4.82. The molecule has 1 aliphatic heterocycles. The number of rotatable bonds is 3. The number of likely N-dealkylation sites (tertiary alicyclic amines) is 1. The van der Waals surface area contributed by atoms with Gasteiger partial charge in [0.15, 0.2) is 0 Å². The van der Waals surface area contributed by atoms with Gasteiger partial charge in [-0.3, -0.25) is 4.79 Å².